The van der Waals surface area contributed by atoms with Gasteiger partial charge in [-0.05, 0) is 42.1 Å². The van der Waals surface area contributed by atoms with Crippen LogP contribution in [0.15, 0.2) is 22.7 Å². The van der Waals surface area contributed by atoms with Crippen LogP contribution in [0.5, 0.6) is 0 Å². The average Bonchev–Trinajstić information content (AvgIpc) is 3.25. The Morgan fingerprint density at radius 1 is 1.36 bits per heavy atom. The Labute approximate surface area is 155 Å². The first kappa shape index (κ1) is 18.0. The van der Waals surface area contributed by atoms with E-state index in [1.165, 1.54) is 23.2 Å². The molecule has 1 saturated heterocycles. The van der Waals surface area contributed by atoms with Gasteiger partial charge in [0, 0.05) is 39.4 Å². The predicted molar refractivity (Wildman–Crippen MR) is 102 cm³/mol. The Morgan fingerprint density at radius 2 is 2.24 bits per heavy atom. The lowest BCUT2D eigenvalue weighted by atomic mass is 9.97. The van der Waals surface area contributed by atoms with Crippen molar-refractivity contribution in [2.45, 2.75) is 31.7 Å². The molecule has 1 aromatic heterocycles. The van der Waals surface area contributed by atoms with Gasteiger partial charge in [0.1, 0.15) is 0 Å². The van der Waals surface area contributed by atoms with Crippen LogP contribution in [0.1, 0.15) is 35.8 Å². The summed E-state index contributed by atoms with van der Waals surface area (Å²) in [4.78, 5) is 8.94. The molecule has 2 aromatic rings. The first-order valence-electron chi connectivity index (χ1n) is 8.78. The molecule has 1 fully saturated rings. The van der Waals surface area contributed by atoms with Gasteiger partial charge in [0.25, 0.3) is 5.95 Å². The van der Waals surface area contributed by atoms with Crippen molar-refractivity contribution in [2.75, 3.05) is 43.9 Å². The molecule has 2 aliphatic heterocycles. The fourth-order valence-corrected chi connectivity index (χ4v) is 3.76. The third kappa shape index (κ3) is 3.75. The standard InChI is InChI=1S/C18H25N5O.ClH/c1-22(2)18-20-17(24-21-18)15-7-4-10-23(12-15)11-14-6-3-5-13-8-9-19-16(13)14;/h3,5-6,15,19H,4,7-12H2,1-2H3;1H. The Kier molecular flexibility index (Phi) is 5.49. The van der Waals surface area contributed by atoms with Crippen molar-refractivity contribution >= 4 is 24.0 Å². The smallest absolute Gasteiger partial charge is 0.265 e. The second-order valence-electron chi connectivity index (χ2n) is 7.03. The zero-order valence-corrected chi connectivity index (χ0v) is 15.7. The highest BCUT2D eigenvalue weighted by Crippen LogP contribution is 2.31. The maximum Gasteiger partial charge on any atom is 0.265 e. The monoisotopic (exact) mass is 363 g/mol. The van der Waals surface area contributed by atoms with Crippen LogP contribution in [0.25, 0.3) is 0 Å². The molecule has 7 heteroatoms. The van der Waals surface area contributed by atoms with Gasteiger partial charge in [0.2, 0.25) is 5.89 Å². The van der Waals surface area contributed by atoms with Crippen molar-refractivity contribution < 1.29 is 4.52 Å². The summed E-state index contributed by atoms with van der Waals surface area (Å²) in [5, 5.41) is 7.60. The Bertz CT molecular complexity index is 717. The molecule has 136 valence electrons. The quantitative estimate of drug-likeness (QED) is 0.901. The molecule has 6 nitrogen and oxygen atoms in total. The van der Waals surface area contributed by atoms with Gasteiger partial charge < -0.3 is 14.7 Å². The van der Waals surface area contributed by atoms with Crippen molar-refractivity contribution in [3.05, 3.63) is 35.2 Å². The van der Waals surface area contributed by atoms with Crippen LogP contribution >= 0.6 is 12.4 Å². The summed E-state index contributed by atoms with van der Waals surface area (Å²) in [5.74, 6) is 1.77. The van der Waals surface area contributed by atoms with E-state index in [-0.39, 0.29) is 12.4 Å². The molecule has 1 aromatic carbocycles. The summed E-state index contributed by atoms with van der Waals surface area (Å²) in [6.07, 6.45) is 3.44. The lowest BCUT2D eigenvalue weighted by Crippen LogP contribution is -2.34. The minimum atomic E-state index is 0. The van der Waals surface area contributed by atoms with Gasteiger partial charge in [-0.3, -0.25) is 4.90 Å². The Hall–Kier alpha value is -1.79. The first-order chi connectivity index (χ1) is 11.7. The van der Waals surface area contributed by atoms with E-state index >= 15 is 0 Å². The van der Waals surface area contributed by atoms with Crippen LogP contribution < -0.4 is 10.2 Å². The molecule has 0 bridgehead atoms. The lowest BCUT2D eigenvalue weighted by molar-refractivity contribution is 0.180. The maximum absolute atomic E-state index is 5.50. The summed E-state index contributed by atoms with van der Waals surface area (Å²) in [7, 11) is 3.87. The van der Waals surface area contributed by atoms with E-state index < -0.39 is 0 Å². The van der Waals surface area contributed by atoms with Crippen molar-refractivity contribution in [2.24, 2.45) is 0 Å². The van der Waals surface area contributed by atoms with Crippen LogP contribution in [0.3, 0.4) is 0 Å². The van der Waals surface area contributed by atoms with E-state index in [0.717, 1.165) is 44.9 Å². The van der Waals surface area contributed by atoms with Gasteiger partial charge in [0.05, 0.1) is 5.92 Å². The summed E-state index contributed by atoms with van der Waals surface area (Å²) in [6.45, 7) is 4.17. The van der Waals surface area contributed by atoms with Crippen molar-refractivity contribution in [3.63, 3.8) is 0 Å². The third-order valence-electron chi connectivity index (χ3n) is 5.01. The van der Waals surface area contributed by atoms with E-state index in [0.29, 0.717) is 11.9 Å². The summed E-state index contributed by atoms with van der Waals surface area (Å²) in [6, 6.07) is 6.67. The van der Waals surface area contributed by atoms with Crippen molar-refractivity contribution in [1.29, 1.82) is 0 Å². The Balaban J connectivity index is 0.00000182. The first-order valence-corrected chi connectivity index (χ1v) is 8.78. The number of benzene rings is 1. The maximum atomic E-state index is 5.50. The fraction of sp³-hybridized carbons (Fsp3) is 0.556. The molecule has 0 spiro atoms. The molecule has 25 heavy (non-hydrogen) atoms. The van der Waals surface area contributed by atoms with E-state index in [2.05, 4.69) is 38.6 Å². The molecule has 1 atom stereocenters. The number of para-hydroxylation sites is 1. The second kappa shape index (κ2) is 7.62. The van der Waals surface area contributed by atoms with Gasteiger partial charge >= 0.3 is 0 Å². The highest BCUT2D eigenvalue weighted by Gasteiger charge is 2.27. The van der Waals surface area contributed by atoms with Gasteiger partial charge in [-0.2, -0.15) is 4.98 Å². The number of halogens is 1. The van der Waals surface area contributed by atoms with Crippen LogP contribution in [0, 0.1) is 0 Å². The second-order valence-corrected chi connectivity index (χ2v) is 7.03. The number of nitrogens with zero attached hydrogens (tertiary/aromatic N) is 4. The molecule has 0 radical (unpaired) electrons. The van der Waals surface area contributed by atoms with Crippen molar-refractivity contribution in [3.8, 4) is 0 Å². The minimum Gasteiger partial charge on any atom is -0.384 e. The highest BCUT2D eigenvalue weighted by atomic mass is 35.5. The largest absolute Gasteiger partial charge is 0.384 e. The number of hydrogen-bond acceptors (Lipinski definition) is 6. The van der Waals surface area contributed by atoms with Crippen LogP contribution in [0.4, 0.5) is 11.6 Å². The number of rotatable bonds is 4. The number of likely N-dealkylation sites (tertiary alicyclic amines) is 1. The van der Waals surface area contributed by atoms with E-state index in [9.17, 15) is 0 Å². The third-order valence-corrected chi connectivity index (χ3v) is 5.01. The molecular formula is C18H26ClN5O. The zero-order chi connectivity index (χ0) is 16.5. The highest BCUT2D eigenvalue weighted by molar-refractivity contribution is 5.85. The van der Waals surface area contributed by atoms with E-state index in [1.807, 2.05) is 19.0 Å². The molecule has 1 N–H and O–H groups in total. The summed E-state index contributed by atoms with van der Waals surface area (Å²) in [5.41, 5.74) is 4.21. The molecule has 0 amide bonds. The minimum absolute atomic E-state index is 0. The molecular weight excluding hydrogens is 338 g/mol. The SMILES string of the molecule is CN(C)c1noc(C2CCCN(Cc3cccc4c3NCC4)C2)n1.Cl. The van der Waals surface area contributed by atoms with Crippen LogP contribution in [-0.4, -0.2) is 48.8 Å². The van der Waals surface area contributed by atoms with Gasteiger partial charge in [-0.15, -0.1) is 12.4 Å². The Morgan fingerprint density at radius 3 is 3.04 bits per heavy atom. The van der Waals surface area contributed by atoms with E-state index in [1.54, 1.807) is 0 Å². The summed E-state index contributed by atoms with van der Waals surface area (Å²) >= 11 is 0. The number of aromatic nitrogens is 2. The summed E-state index contributed by atoms with van der Waals surface area (Å²) < 4.78 is 5.50. The predicted octanol–water partition coefficient (Wildman–Crippen LogP) is 2.91. The molecule has 1 unspecified atom stereocenters. The molecule has 0 saturated carbocycles. The average molecular weight is 364 g/mol. The number of hydrogen-bond donors (Lipinski definition) is 1. The number of fused-ring (bicyclic) bond motifs is 1. The van der Waals surface area contributed by atoms with Crippen molar-refractivity contribution in [1.82, 2.24) is 15.0 Å². The molecule has 4 rings (SSSR count). The lowest BCUT2D eigenvalue weighted by Gasteiger charge is -2.31. The van der Waals surface area contributed by atoms with Gasteiger partial charge in [0.15, 0.2) is 0 Å². The normalized spacial score (nSPS) is 19.8. The topological polar surface area (TPSA) is 57.4 Å². The fourth-order valence-electron chi connectivity index (χ4n) is 3.76. The van der Waals surface area contributed by atoms with E-state index in [4.69, 9.17) is 4.52 Å². The van der Waals surface area contributed by atoms with Crippen LogP contribution in [0.2, 0.25) is 0 Å². The molecule has 3 heterocycles. The number of piperidine rings is 1. The molecule has 0 aliphatic carbocycles. The number of anilines is 2. The van der Waals surface area contributed by atoms with Gasteiger partial charge in [-0.1, -0.05) is 18.2 Å². The molecule has 2 aliphatic rings. The van der Waals surface area contributed by atoms with Crippen LogP contribution in [-0.2, 0) is 13.0 Å². The zero-order valence-electron chi connectivity index (χ0n) is 14.9. The van der Waals surface area contributed by atoms with Gasteiger partial charge in [-0.25, -0.2) is 0 Å². The number of nitrogens with one attached hydrogen (secondary N) is 1.